The summed E-state index contributed by atoms with van der Waals surface area (Å²) in [5, 5.41) is 16.9. The summed E-state index contributed by atoms with van der Waals surface area (Å²) < 4.78 is 7.66. The van der Waals surface area contributed by atoms with Crippen molar-refractivity contribution in [2.75, 3.05) is 12.4 Å². The van der Waals surface area contributed by atoms with Crippen LogP contribution in [0.2, 0.25) is 5.02 Å². The maximum atomic E-state index is 11.8. The van der Waals surface area contributed by atoms with Gasteiger partial charge in [0.1, 0.15) is 17.2 Å². The van der Waals surface area contributed by atoms with Crippen molar-refractivity contribution in [3.63, 3.8) is 0 Å². The molecule has 0 spiro atoms. The molecule has 10 nitrogen and oxygen atoms in total. The highest BCUT2D eigenvalue weighted by Gasteiger charge is 2.14. The second-order valence-electron chi connectivity index (χ2n) is 6.75. The summed E-state index contributed by atoms with van der Waals surface area (Å²) >= 11 is 6.19. The zero-order valence-electron chi connectivity index (χ0n) is 17.0. The number of anilines is 2. The number of aryl methyl sites for hydroxylation is 1. The van der Waals surface area contributed by atoms with Crippen molar-refractivity contribution in [3.8, 4) is 11.5 Å². The quantitative estimate of drug-likeness (QED) is 0.327. The SMILES string of the molecule is CNC(=O)c1cc(Oc2ccc3c(c2)nc(Nc2cc([N+](=O)[O-])ccc2Cl)n3C)ccn1. The fraction of sp³-hybridized carbons (Fsp3) is 0.0952. The molecule has 2 aromatic heterocycles. The molecule has 162 valence electrons. The highest BCUT2D eigenvalue weighted by atomic mass is 35.5. The molecule has 0 radical (unpaired) electrons. The van der Waals surface area contributed by atoms with Gasteiger partial charge >= 0.3 is 0 Å². The summed E-state index contributed by atoms with van der Waals surface area (Å²) in [5.74, 6) is 1.11. The molecule has 0 bridgehead atoms. The molecule has 2 N–H and O–H groups in total. The van der Waals surface area contributed by atoms with Crippen LogP contribution < -0.4 is 15.4 Å². The smallest absolute Gasteiger partial charge is 0.271 e. The number of aromatic nitrogens is 3. The molecule has 4 rings (SSSR count). The number of benzene rings is 2. The Kier molecular flexibility index (Phi) is 5.61. The maximum absolute atomic E-state index is 11.8. The molecular weight excluding hydrogens is 436 g/mol. The number of amides is 1. The van der Waals surface area contributed by atoms with Gasteiger partial charge in [-0.25, -0.2) is 4.98 Å². The fourth-order valence-electron chi connectivity index (χ4n) is 3.06. The number of carbonyl (C=O) groups is 1. The third-order valence-corrected chi connectivity index (χ3v) is 5.02. The van der Waals surface area contributed by atoms with Crippen LogP contribution in [0.4, 0.5) is 17.3 Å². The number of nitro groups is 1. The number of hydrogen-bond acceptors (Lipinski definition) is 7. The Morgan fingerprint density at radius 2 is 1.94 bits per heavy atom. The van der Waals surface area contributed by atoms with Crippen LogP contribution in [0.5, 0.6) is 11.5 Å². The molecule has 0 atom stereocenters. The number of fused-ring (bicyclic) bond motifs is 1. The van der Waals surface area contributed by atoms with Crippen LogP contribution in [0.25, 0.3) is 11.0 Å². The van der Waals surface area contributed by atoms with Crippen LogP contribution in [0.3, 0.4) is 0 Å². The van der Waals surface area contributed by atoms with Crippen LogP contribution in [-0.4, -0.2) is 32.4 Å². The standard InChI is InChI=1S/C21H17ClN6O4/c1-23-20(29)18-11-14(7-8-24-18)32-13-4-6-19-17(10-13)26-21(27(19)2)25-16-9-12(28(30)31)3-5-15(16)22/h3-11H,1-2H3,(H,23,29)(H,25,26). The van der Waals surface area contributed by atoms with Crippen molar-refractivity contribution in [2.45, 2.75) is 0 Å². The Balaban J connectivity index is 1.62. The van der Waals surface area contributed by atoms with E-state index in [9.17, 15) is 14.9 Å². The minimum Gasteiger partial charge on any atom is -0.457 e. The van der Waals surface area contributed by atoms with Crippen molar-refractivity contribution in [3.05, 3.63) is 75.6 Å². The summed E-state index contributed by atoms with van der Waals surface area (Å²) in [6.45, 7) is 0. The molecule has 0 aliphatic rings. The van der Waals surface area contributed by atoms with Gasteiger partial charge in [0.25, 0.3) is 11.6 Å². The average Bonchev–Trinajstić information content (AvgIpc) is 3.09. The molecular formula is C21H17ClN6O4. The number of imidazole rings is 1. The zero-order chi connectivity index (χ0) is 22.8. The largest absolute Gasteiger partial charge is 0.457 e. The van der Waals surface area contributed by atoms with E-state index in [0.717, 1.165) is 5.52 Å². The first kappa shape index (κ1) is 21.1. The van der Waals surface area contributed by atoms with Crippen LogP contribution in [0.15, 0.2) is 54.7 Å². The van der Waals surface area contributed by atoms with Crippen molar-refractivity contribution >= 4 is 45.9 Å². The summed E-state index contributed by atoms with van der Waals surface area (Å²) in [4.78, 5) is 30.9. The van der Waals surface area contributed by atoms with Gasteiger partial charge in [0, 0.05) is 44.6 Å². The summed E-state index contributed by atoms with van der Waals surface area (Å²) in [6, 6.07) is 12.7. The molecule has 1 amide bonds. The van der Waals surface area contributed by atoms with E-state index in [1.165, 1.54) is 31.4 Å². The van der Waals surface area contributed by atoms with Gasteiger partial charge in [0.15, 0.2) is 0 Å². The van der Waals surface area contributed by atoms with Crippen molar-refractivity contribution < 1.29 is 14.5 Å². The lowest BCUT2D eigenvalue weighted by atomic mass is 10.3. The first-order chi connectivity index (χ1) is 15.4. The maximum Gasteiger partial charge on any atom is 0.271 e. The van der Waals surface area contributed by atoms with Gasteiger partial charge in [0.05, 0.1) is 26.7 Å². The lowest BCUT2D eigenvalue weighted by Crippen LogP contribution is -2.18. The number of pyridine rings is 1. The van der Waals surface area contributed by atoms with E-state index in [0.29, 0.717) is 33.7 Å². The predicted molar refractivity (Wildman–Crippen MR) is 120 cm³/mol. The number of rotatable bonds is 6. The highest BCUT2D eigenvalue weighted by molar-refractivity contribution is 6.33. The summed E-state index contributed by atoms with van der Waals surface area (Å²) in [7, 11) is 3.33. The number of nitro benzene ring substituents is 1. The van der Waals surface area contributed by atoms with E-state index in [1.807, 2.05) is 13.1 Å². The highest BCUT2D eigenvalue weighted by Crippen LogP contribution is 2.32. The number of halogens is 1. The molecule has 0 aliphatic heterocycles. The monoisotopic (exact) mass is 452 g/mol. The van der Waals surface area contributed by atoms with E-state index in [-0.39, 0.29) is 17.3 Å². The fourth-order valence-corrected chi connectivity index (χ4v) is 3.23. The molecule has 0 aliphatic carbocycles. The number of hydrogen-bond donors (Lipinski definition) is 2. The van der Waals surface area contributed by atoms with E-state index >= 15 is 0 Å². The van der Waals surface area contributed by atoms with Gasteiger partial charge in [-0.2, -0.15) is 0 Å². The summed E-state index contributed by atoms with van der Waals surface area (Å²) in [5.41, 5.74) is 1.97. The van der Waals surface area contributed by atoms with Crippen LogP contribution >= 0.6 is 11.6 Å². The lowest BCUT2D eigenvalue weighted by molar-refractivity contribution is -0.384. The van der Waals surface area contributed by atoms with Crippen molar-refractivity contribution in [2.24, 2.45) is 7.05 Å². The number of carbonyl (C=O) groups excluding carboxylic acids is 1. The van der Waals surface area contributed by atoms with Gasteiger partial charge < -0.3 is 19.9 Å². The minimum atomic E-state index is -0.491. The van der Waals surface area contributed by atoms with Crippen LogP contribution in [0.1, 0.15) is 10.5 Å². The van der Waals surface area contributed by atoms with Gasteiger partial charge in [-0.3, -0.25) is 19.9 Å². The first-order valence-electron chi connectivity index (χ1n) is 9.39. The third kappa shape index (κ3) is 4.16. The summed E-state index contributed by atoms with van der Waals surface area (Å²) in [6.07, 6.45) is 1.49. The molecule has 2 heterocycles. The Morgan fingerprint density at radius 3 is 2.69 bits per heavy atom. The van der Waals surface area contributed by atoms with Gasteiger partial charge in [0.2, 0.25) is 5.95 Å². The van der Waals surface area contributed by atoms with E-state index in [4.69, 9.17) is 16.3 Å². The lowest BCUT2D eigenvalue weighted by Gasteiger charge is -2.08. The normalized spacial score (nSPS) is 10.7. The predicted octanol–water partition coefficient (Wildman–Crippen LogP) is 4.43. The minimum absolute atomic E-state index is 0.0835. The number of ether oxygens (including phenoxy) is 1. The molecule has 0 saturated carbocycles. The molecule has 0 unspecified atom stereocenters. The van der Waals surface area contributed by atoms with Gasteiger partial charge in [-0.05, 0) is 24.3 Å². The molecule has 2 aromatic carbocycles. The number of nitrogens with zero attached hydrogens (tertiary/aromatic N) is 4. The van der Waals surface area contributed by atoms with Crippen LogP contribution in [0, 0.1) is 10.1 Å². The number of non-ortho nitro benzene ring substituents is 1. The van der Waals surface area contributed by atoms with Crippen molar-refractivity contribution in [1.29, 1.82) is 0 Å². The second-order valence-corrected chi connectivity index (χ2v) is 7.16. The molecule has 11 heteroatoms. The second kappa shape index (κ2) is 8.52. The molecule has 4 aromatic rings. The number of nitrogens with one attached hydrogen (secondary N) is 2. The third-order valence-electron chi connectivity index (χ3n) is 4.69. The Hall–Kier alpha value is -4.18. The van der Waals surface area contributed by atoms with Crippen molar-refractivity contribution in [1.82, 2.24) is 19.9 Å². The molecule has 0 saturated heterocycles. The zero-order valence-corrected chi connectivity index (χ0v) is 17.8. The molecule has 0 fully saturated rings. The Labute approximate surface area is 187 Å². The topological polar surface area (TPSA) is 124 Å². The Morgan fingerprint density at radius 1 is 1.16 bits per heavy atom. The first-order valence-corrected chi connectivity index (χ1v) is 9.77. The van der Waals surface area contributed by atoms with Gasteiger partial charge in [-0.1, -0.05) is 11.6 Å². The van der Waals surface area contributed by atoms with E-state index in [2.05, 4.69) is 20.6 Å². The van der Waals surface area contributed by atoms with E-state index < -0.39 is 4.92 Å². The molecule has 32 heavy (non-hydrogen) atoms. The average molecular weight is 453 g/mol. The van der Waals surface area contributed by atoms with Crippen LogP contribution in [-0.2, 0) is 7.05 Å². The Bertz CT molecular complexity index is 1350. The van der Waals surface area contributed by atoms with E-state index in [1.54, 1.807) is 28.8 Å². The van der Waals surface area contributed by atoms with Gasteiger partial charge in [-0.15, -0.1) is 0 Å².